The first-order chi connectivity index (χ1) is 11.5. The van der Waals surface area contributed by atoms with Crippen molar-refractivity contribution in [2.24, 2.45) is 0 Å². The molecule has 0 aliphatic carbocycles. The summed E-state index contributed by atoms with van der Waals surface area (Å²) in [5, 5.41) is 9.14. The van der Waals surface area contributed by atoms with E-state index in [9.17, 15) is 13.2 Å². The number of carbonyl (C=O) groups is 1. The molecule has 126 valence electrons. The van der Waals surface area contributed by atoms with E-state index in [1.165, 1.54) is 12.1 Å². The summed E-state index contributed by atoms with van der Waals surface area (Å²) >= 11 is 0. The molecule has 2 aromatic rings. The van der Waals surface area contributed by atoms with E-state index < -0.39 is 16.0 Å². The van der Waals surface area contributed by atoms with Crippen molar-refractivity contribution in [2.75, 3.05) is 13.2 Å². The topological polar surface area (TPSA) is 92.7 Å². The van der Waals surface area contributed by atoms with Gasteiger partial charge in [-0.25, -0.2) is 17.9 Å². The molecule has 0 spiro atoms. The maximum Gasteiger partial charge on any atom is 0.335 e. The lowest BCUT2D eigenvalue weighted by Crippen LogP contribution is -2.26. The molecule has 6 nitrogen and oxygen atoms in total. The monoisotopic (exact) mass is 347 g/mol. The van der Waals surface area contributed by atoms with Crippen molar-refractivity contribution in [3.63, 3.8) is 0 Å². The Morgan fingerprint density at radius 3 is 2.79 bits per heavy atom. The number of rotatable bonds is 6. The van der Waals surface area contributed by atoms with Crippen molar-refractivity contribution < 1.29 is 23.1 Å². The van der Waals surface area contributed by atoms with Gasteiger partial charge in [0.2, 0.25) is 10.0 Å². The van der Waals surface area contributed by atoms with Crippen LogP contribution in [0.1, 0.15) is 21.5 Å². The first-order valence-corrected chi connectivity index (χ1v) is 9.02. The molecule has 0 unspecified atom stereocenters. The Morgan fingerprint density at radius 1 is 1.21 bits per heavy atom. The van der Waals surface area contributed by atoms with E-state index in [2.05, 4.69) is 4.72 Å². The van der Waals surface area contributed by atoms with E-state index in [4.69, 9.17) is 9.84 Å². The highest BCUT2D eigenvalue weighted by Gasteiger charge is 2.19. The number of hydrogen-bond donors (Lipinski definition) is 2. The SMILES string of the molecule is O=C(O)c1ccccc1CCNS(=O)(=O)c1ccc2c(c1)CCO2. The third-order valence-electron chi connectivity index (χ3n) is 3.91. The number of carboxylic acid groups (broad SMARTS) is 1. The van der Waals surface area contributed by atoms with Crippen molar-refractivity contribution in [3.8, 4) is 5.75 Å². The average Bonchev–Trinajstić information content (AvgIpc) is 3.02. The van der Waals surface area contributed by atoms with Gasteiger partial charge < -0.3 is 9.84 Å². The summed E-state index contributed by atoms with van der Waals surface area (Å²) in [7, 11) is -3.64. The molecule has 0 bridgehead atoms. The number of carboxylic acids is 1. The van der Waals surface area contributed by atoms with Gasteiger partial charge in [0, 0.05) is 13.0 Å². The number of ether oxygens (including phenoxy) is 1. The Balaban J connectivity index is 1.69. The zero-order chi connectivity index (χ0) is 17.2. The maximum absolute atomic E-state index is 12.4. The predicted octanol–water partition coefficient (Wildman–Crippen LogP) is 1.84. The second-order valence-electron chi connectivity index (χ2n) is 5.48. The summed E-state index contributed by atoms with van der Waals surface area (Å²) in [5.74, 6) is -0.295. The summed E-state index contributed by atoms with van der Waals surface area (Å²) in [4.78, 5) is 11.4. The van der Waals surface area contributed by atoms with Crippen LogP contribution < -0.4 is 9.46 Å². The van der Waals surface area contributed by atoms with Gasteiger partial charge in [-0.15, -0.1) is 0 Å². The van der Waals surface area contributed by atoms with Gasteiger partial charge in [0.25, 0.3) is 0 Å². The first kappa shape index (κ1) is 16.5. The highest BCUT2D eigenvalue weighted by Crippen LogP contribution is 2.27. The average molecular weight is 347 g/mol. The van der Waals surface area contributed by atoms with Gasteiger partial charge >= 0.3 is 5.97 Å². The summed E-state index contributed by atoms with van der Waals surface area (Å²) < 4.78 is 32.6. The van der Waals surface area contributed by atoms with Crippen molar-refractivity contribution in [3.05, 3.63) is 59.2 Å². The Bertz CT molecular complexity index is 876. The van der Waals surface area contributed by atoms with E-state index in [0.29, 0.717) is 25.0 Å². The summed E-state index contributed by atoms with van der Waals surface area (Å²) in [6.07, 6.45) is 1.00. The van der Waals surface area contributed by atoms with E-state index in [1.807, 2.05) is 0 Å². The highest BCUT2D eigenvalue weighted by atomic mass is 32.2. The highest BCUT2D eigenvalue weighted by molar-refractivity contribution is 7.89. The van der Waals surface area contributed by atoms with Crippen LogP contribution in [-0.4, -0.2) is 32.6 Å². The van der Waals surface area contributed by atoms with Gasteiger partial charge in [-0.1, -0.05) is 18.2 Å². The standard InChI is InChI=1S/C17H17NO5S/c19-17(20)15-4-2-1-3-12(15)7-9-18-24(21,22)14-5-6-16-13(11-14)8-10-23-16/h1-6,11,18H,7-10H2,(H,19,20). The van der Waals surface area contributed by atoms with E-state index in [0.717, 1.165) is 11.3 Å². The Morgan fingerprint density at radius 2 is 2.00 bits per heavy atom. The van der Waals surface area contributed by atoms with Crippen LogP contribution in [-0.2, 0) is 22.9 Å². The van der Waals surface area contributed by atoms with Crippen molar-refractivity contribution >= 4 is 16.0 Å². The lowest BCUT2D eigenvalue weighted by molar-refractivity contribution is 0.0695. The van der Waals surface area contributed by atoms with Crippen LogP contribution in [0.25, 0.3) is 0 Å². The third kappa shape index (κ3) is 3.42. The Labute approximate surface area is 140 Å². The third-order valence-corrected chi connectivity index (χ3v) is 5.36. The second-order valence-corrected chi connectivity index (χ2v) is 7.25. The second kappa shape index (κ2) is 6.62. The molecule has 24 heavy (non-hydrogen) atoms. The molecule has 0 saturated carbocycles. The van der Waals surface area contributed by atoms with Crippen LogP contribution in [0.3, 0.4) is 0 Å². The lowest BCUT2D eigenvalue weighted by atomic mass is 10.1. The molecule has 1 aliphatic rings. The van der Waals surface area contributed by atoms with Crippen LogP contribution in [0.15, 0.2) is 47.4 Å². The number of sulfonamides is 1. The number of aromatic carboxylic acids is 1. The molecule has 0 radical (unpaired) electrons. The van der Waals surface area contributed by atoms with Gasteiger partial charge in [-0.2, -0.15) is 0 Å². The predicted molar refractivity (Wildman–Crippen MR) is 87.9 cm³/mol. The number of hydrogen-bond acceptors (Lipinski definition) is 4. The fraction of sp³-hybridized carbons (Fsp3) is 0.235. The van der Waals surface area contributed by atoms with Crippen molar-refractivity contribution in [2.45, 2.75) is 17.7 Å². The molecule has 3 rings (SSSR count). The molecule has 0 fully saturated rings. The summed E-state index contributed by atoms with van der Waals surface area (Å²) in [6, 6.07) is 11.4. The zero-order valence-corrected chi connectivity index (χ0v) is 13.7. The summed E-state index contributed by atoms with van der Waals surface area (Å²) in [5.41, 5.74) is 1.66. The van der Waals surface area contributed by atoms with Gasteiger partial charge in [0.1, 0.15) is 5.75 Å². The minimum atomic E-state index is -3.64. The minimum Gasteiger partial charge on any atom is -0.493 e. The molecular weight excluding hydrogens is 330 g/mol. The summed E-state index contributed by atoms with van der Waals surface area (Å²) in [6.45, 7) is 0.693. The van der Waals surface area contributed by atoms with Gasteiger partial charge in [-0.3, -0.25) is 0 Å². The molecular formula is C17H17NO5S. The number of fused-ring (bicyclic) bond motifs is 1. The molecule has 2 aromatic carbocycles. The molecule has 0 aromatic heterocycles. The van der Waals surface area contributed by atoms with Crippen molar-refractivity contribution in [1.82, 2.24) is 4.72 Å². The smallest absolute Gasteiger partial charge is 0.335 e. The van der Waals surface area contributed by atoms with Gasteiger partial charge in [-0.05, 0) is 41.8 Å². The number of nitrogens with one attached hydrogen (secondary N) is 1. The van der Waals surface area contributed by atoms with Gasteiger partial charge in [0.15, 0.2) is 0 Å². The van der Waals surface area contributed by atoms with Gasteiger partial charge in [0.05, 0.1) is 17.1 Å². The molecule has 1 heterocycles. The van der Waals surface area contributed by atoms with E-state index in [1.54, 1.807) is 30.3 Å². The number of benzene rings is 2. The van der Waals surface area contributed by atoms with Crippen LogP contribution in [0.5, 0.6) is 5.75 Å². The quantitative estimate of drug-likeness (QED) is 0.832. The van der Waals surface area contributed by atoms with E-state index >= 15 is 0 Å². The lowest BCUT2D eigenvalue weighted by Gasteiger charge is -2.09. The molecule has 1 aliphatic heterocycles. The molecule has 0 saturated heterocycles. The largest absolute Gasteiger partial charge is 0.493 e. The zero-order valence-electron chi connectivity index (χ0n) is 12.9. The van der Waals surface area contributed by atoms with Crippen LogP contribution >= 0.6 is 0 Å². The van der Waals surface area contributed by atoms with Crippen LogP contribution in [0, 0.1) is 0 Å². The Hall–Kier alpha value is -2.38. The van der Waals surface area contributed by atoms with Crippen molar-refractivity contribution in [1.29, 1.82) is 0 Å². The normalized spacial score (nSPS) is 13.3. The molecule has 2 N–H and O–H groups in total. The minimum absolute atomic E-state index is 0.125. The maximum atomic E-state index is 12.4. The Kier molecular flexibility index (Phi) is 4.55. The van der Waals surface area contributed by atoms with E-state index in [-0.39, 0.29) is 17.0 Å². The molecule has 7 heteroatoms. The first-order valence-electron chi connectivity index (χ1n) is 7.54. The fourth-order valence-electron chi connectivity index (χ4n) is 2.68. The fourth-order valence-corrected chi connectivity index (χ4v) is 3.76. The van der Waals surface area contributed by atoms with Crippen LogP contribution in [0.2, 0.25) is 0 Å². The molecule has 0 atom stereocenters. The van der Waals surface area contributed by atoms with Crippen LogP contribution in [0.4, 0.5) is 0 Å². The molecule has 0 amide bonds.